The standard InChI is InChI=1S/C24H18F2N4O6S2/c25-14-3-1-13(2-4-14)11-30-20-8-5-15(26)9-17(20)23(31)22(24(30)32)19-12-37(33,34)21-10-16(29-38(27,35)36)6-7-18(21)28-19/h1-10,12,28-29,31H,11H2,(H2,27,35,36). The molecule has 5 N–H and O–H groups in total. The minimum Gasteiger partial charge on any atom is -0.506 e. The maximum Gasteiger partial charge on any atom is 0.296 e. The molecule has 2 heterocycles. The molecule has 38 heavy (non-hydrogen) atoms. The fraction of sp³-hybridized carbons (Fsp3) is 0.0417. The van der Waals surface area contributed by atoms with Gasteiger partial charge in [-0.15, -0.1) is 0 Å². The number of halogens is 2. The van der Waals surface area contributed by atoms with Crippen LogP contribution in [-0.4, -0.2) is 26.5 Å². The van der Waals surface area contributed by atoms with Gasteiger partial charge in [0, 0.05) is 5.39 Å². The van der Waals surface area contributed by atoms with Crippen molar-refractivity contribution in [1.29, 1.82) is 0 Å². The van der Waals surface area contributed by atoms with Crippen LogP contribution >= 0.6 is 0 Å². The Labute approximate surface area is 214 Å². The van der Waals surface area contributed by atoms with Gasteiger partial charge in [0.15, 0.2) is 0 Å². The third-order valence-electron chi connectivity index (χ3n) is 5.81. The lowest BCUT2D eigenvalue weighted by molar-refractivity contribution is 0.476. The minimum atomic E-state index is -4.26. The SMILES string of the molecule is NS(=O)(=O)Nc1ccc2c(c1)S(=O)(=O)C=C(c1c(O)c3cc(F)ccc3n(Cc3ccc(F)cc3)c1=O)N2. The number of hydrogen-bond donors (Lipinski definition) is 4. The predicted octanol–water partition coefficient (Wildman–Crippen LogP) is 2.85. The van der Waals surface area contributed by atoms with Crippen LogP contribution in [0.4, 0.5) is 20.2 Å². The van der Waals surface area contributed by atoms with Crippen molar-refractivity contribution < 1.29 is 30.7 Å². The first-order valence-corrected chi connectivity index (χ1v) is 13.9. The second kappa shape index (κ2) is 8.93. The van der Waals surface area contributed by atoms with Gasteiger partial charge in [0.1, 0.15) is 22.9 Å². The first-order valence-electron chi connectivity index (χ1n) is 10.8. The van der Waals surface area contributed by atoms with Crippen molar-refractivity contribution in [3.63, 3.8) is 0 Å². The van der Waals surface area contributed by atoms with Gasteiger partial charge in [-0.3, -0.25) is 9.52 Å². The predicted molar refractivity (Wildman–Crippen MR) is 137 cm³/mol. The molecule has 0 amide bonds. The number of nitrogens with two attached hydrogens (primary N) is 1. The molecule has 5 rings (SSSR count). The summed E-state index contributed by atoms with van der Waals surface area (Å²) in [6.07, 6.45) is 0. The van der Waals surface area contributed by atoms with Gasteiger partial charge < -0.3 is 15.0 Å². The molecule has 14 heteroatoms. The number of sulfone groups is 1. The number of anilines is 2. The second-order valence-corrected chi connectivity index (χ2v) is 11.5. The van der Waals surface area contributed by atoms with Crippen LogP contribution in [0.1, 0.15) is 11.1 Å². The van der Waals surface area contributed by atoms with Crippen molar-refractivity contribution in [1.82, 2.24) is 4.57 Å². The van der Waals surface area contributed by atoms with Gasteiger partial charge in [-0.05, 0) is 54.1 Å². The van der Waals surface area contributed by atoms with E-state index in [2.05, 4.69) is 5.32 Å². The van der Waals surface area contributed by atoms with Crippen LogP contribution < -0.4 is 20.7 Å². The third-order valence-corrected chi connectivity index (χ3v) is 7.83. The first-order chi connectivity index (χ1) is 17.8. The van der Waals surface area contributed by atoms with E-state index in [-0.39, 0.29) is 39.4 Å². The molecule has 4 aromatic rings. The topological polar surface area (TPSA) is 161 Å². The average molecular weight is 561 g/mol. The number of hydrogen-bond acceptors (Lipinski definition) is 7. The number of nitrogens with one attached hydrogen (secondary N) is 2. The maximum absolute atomic E-state index is 14.1. The van der Waals surface area contributed by atoms with Crippen molar-refractivity contribution in [2.45, 2.75) is 11.4 Å². The summed E-state index contributed by atoms with van der Waals surface area (Å²) in [6.45, 7) is -0.0895. The molecule has 0 spiro atoms. The molecule has 0 atom stereocenters. The molecule has 0 bridgehead atoms. The largest absolute Gasteiger partial charge is 0.506 e. The lowest BCUT2D eigenvalue weighted by Crippen LogP contribution is -2.27. The molecule has 0 radical (unpaired) electrons. The molecule has 10 nitrogen and oxygen atoms in total. The monoisotopic (exact) mass is 560 g/mol. The van der Waals surface area contributed by atoms with Crippen LogP contribution in [-0.2, 0) is 26.6 Å². The number of aromatic hydroxyl groups is 1. The Morgan fingerprint density at radius 3 is 2.37 bits per heavy atom. The molecule has 0 saturated heterocycles. The van der Waals surface area contributed by atoms with Gasteiger partial charge >= 0.3 is 0 Å². The Bertz CT molecular complexity index is 1940. The highest BCUT2D eigenvalue weighted by Gasteiger charge is 2.29. The number of fused-ring (bicyclic) bond motifs is 2. The molecule has 1 aromatic heterocycles. The smallest absolute Gasteiger partial charge is 0.296 e. The van der Waals surface area contributed by atoms with Gasteiger partial charge in [-0.25, -0.2) is 22.3 Å². The second-order valence-electron chi connectivity index (χ2n) is 8.46. The van der Waals surface area contributed by atoms with Gasteiger partial charge in [-0.1, -0.05) is 12.1 Å². The zero-order valence-corrected chi connectivity index (χ0v) is 20.8. The molecular formula is C24H18F2N4O6S2. The minimum absolute atomic E-state index is 0.00862. The maximum atomic E-state index is 14.1. The molecule has 1 aliphatic heterocycles. The summed E-state index contributed by atoms with van der Waals surface area (Å²) in [4.78, 5) is 13.3. The van der Waals surface area contributed by atoms with Crippen molar-refractivity contribution in [2.75, 3.05) is 10.0 Å². The highest BCUT2D eigenvalue weighted by molar-refractivity contribution is 7.94. The number of aromatic nitrogens is 1. The highest BCUT2D eigenvalue weighted by atomic mass is 32.2. The Morgan fingerprint density at radius 1 is 1.00 bits per heavy atom. The summed E-state index contributed by atoms with van der Waals surface area (Å²) in [5.74, 6) is -1.84. The summed E-state index contributed by atoms with van der Waals surface area (Å²) >= 11 is 0. The van der Waals surface area contributed by atoms with Crippen LogP contribution in [0.3, 0.4) is 0 Å². The van der Waals surface area contributed by atoms with E-state index in [1.165, 1.54) is 47.0 Å². The molecule has 0 unspecified atom stereocenters. The van der Waals surface area contributed by atoms with E-state index in [0.717, 1.165) is 18.2 Å². The van der Waals surface area contributed by atoms with E-state index < -0.39 is 48.6 Å². The third kappa shape index (κ3) is 4.71. The first kappa shape index (κ1) is 25.4. The van der Waals surface area contributed by atoms with E-state index in [9.17, 15) is 35.5 Å². The lowest BCUT2D eigenvalue weighted by atomic mass is 10.1. The van der Waals surface area contributed by atoms with Crippen molar-refractivity contribution in [3.05, 3.63) is 99.2 Å². The average Bonchev–Trinajstić information content (AvgIpc) is 2.82. The van der Waals surface area contributed by atoms with Crippen LogP contribution in [0.5, 0.6) is 5.75 Å². The number of benzene rings is 3. The van der Waals surface area contributed by atoms with Gasteiger partial charge in [0.05, 0.1) is 39.4 Å². The fourth-order valence-electron chi connectivity index (χ4n) is 4.19. The van der Waals surface area contributed by atoms with Gasteiger partial charge in [0.25, 0.3) is 15.8 Å². The van der Waals surface area contributed by atoms with E-state index in [1.807, 2.05) is 4.72 Å². The van der Waals surface area contributed by atoms with Crippen molar-refractivity contribution in [2.24, 2.45) is 5.14 Å². The molecular weight excluding hydrogens is 542 g/mol. The summed E-state index contributed by atoms with van der Waals surface area (Å²) in [5, 5.41) is 19.4. The lowest BCUT2D eigenvalue weighted by Gasteiger charge is -2.22. The number of rotatable bonds is 5. The van der Waals surface area contributed by atoms with Crippen LogP contribution in [0.25, 0.3) is 16.6 Å². The summed E-state index contributed by atoms with van der Waals surface area (Å²) in [6, 6.07) is 12.3. The summed E-state index contributed by atoms with van der Waals surface area (Å²) in [5.41, 5.74) is -0.951. The normalized spacial score (nSPS) is 14.4. The zero-order chi connectivity index (χ0) is 27.4. The number of nitrogens with zero attached hydrogens (tertiary/aromatic N) is 1. The molecule has 0 aliphatic carbocycles. The Hall–Kier alpha value is -4.27. The zero-order valence-electron chi connectivity index (χ0n) is 19.1. The highest BCUT2D eigenvalue weighted by Crippen LogP contribution is 2.38. The van der Waals surface area contributed by atoms with Crippen molar-refractivity contribution >= 4 is 48.0 Å². The Balaban J connectivity index is 1.70. The van der Waals surface area contributed by atoms with Crippen LogP contribution in [0.2, 0.25) is 0 Å². The summed E-state index contributed by atoms with van der Waals surface area (Å²) in [7, 11) is -8.44. The van der Waals surface area contributed by atoms with Crippen molar-refractivity contribution in [3.8, 4) is 5.75 Å². The Kier molecular flexibility index (Phi) is 5.97. The molecule has 1 aliphatic rings. The van der Waals surface area contributed by atoms with E-state index >= 15 is 0 Å². The van der Waals surface area contributed by atoms with E-state index in [4.69, 9.17) is 5.14 Å². The van der Waals surface area contributed by atoms with E-state index in [1.54, 1.807) is 0 Å². The fourth-order valence-corrected chi connectivity index (χ4v) is 5.98. The molecule has 0 fully saturated rings. The molecule has 0 saturated carbocycles. The quantitative estimate of drug-likeness (QED) is 0.292. The van der Waals surface area contributed by atoms with E-state index in [0.29, 0.717) is 11.0 Å². The Morgan fingerprint density at radius 2 is 1.68 bits per heavy atom. The molecule has 196 valence electrons. The molecule has 3 aromatic carbocycles. The van der Waals surface area contributed by atoms with Crippen LogP contribution in [0, 0.1) is 11.6 Å². The van der Waals surface area contributed by atoms with Gasteiger partial charge in [-0.2, -0.15) is 8.42 Å². The number of pyridine rings is 1. The summed E-state index contributed by atoms with van der Waals surface area (Å²) < 4.78 is 79.6. The van der Waals surface area contributed by atoms with Crippen LogP contribution in [0.15, 0.2) is 75.8 Å². The van der Waals surface area contributed by atoms with Gasteiger partial charge in [0.2, 0.25) is 9.84 Å².